The predicted molar refractivity (Wildman–Crippen MR) is 92.3 cm³/mol. The number of hydrogen-bond acceptors (Lipinski definition) is 3. The minimum atomic E-state index is -0.564. The van der Waals surface area contributed by atoms with Crippen molar-refractivity contribution in [3.8, 4) is 0 Å². The van der Waals surface area contributed by atoms with E-state index >= 15 is 0 Å². The van der Waals surface area contributed by atoms with Crippen molar-refractivity contribution in [3.63, 3.8) is 0 Å². The molecule has 0 saturated heterocycles. The van der Waals surface area contributed by atoms with Gasteiger partial charge in [0.1, 0.15) is 0 Å². The molecule has 0 aromatic rings. The molecule has 4 aliphatic carbocycles. The van der Waals surface area contributed by atoms with Crippen LogP contribution in [0.3, 0.4) is 0 Å². The quantitative estimate of drug-likeness (QED) is 0.795. The molecule has 0 amide bonds. The fourth-order valence-corrected chi connectivity index (χ4v) is 7.08. The van der Waals surface area contributed by atoms with Gasteiger partial charge in [-0.3, -0.25) is 9.59 Å². The Morgan fingerprint density at radius 2 is 1.83 bits per heavy atom. The molecule has 3 fully saturated rings. The van der Waals surface area contributed by atoms with Crippen molar-refractivity contribution >= 4 is 11.6 Å². The highest BCUT2D eigenvalue weighted by Gasteiger charge is 2.64. The molecular weight excluding hydrogens is 300 g/mol. The Labute approximate surface area is 144 Å². The van der Waals surface area contributed by atoms with Gasteiger partial charge in [0.15, 0.2) is 11.6 Å². The normalized spacial score (nSPS) is 50.8. The van der Waals surface area contributed by atoms with Gasteiger partial charge in [-0.1, -0.05) is 20.8 Å². The summed E-state index contributed by atoms with van der Waals surface area (Å²) in [6.07, 6.45) is 8.50. The van der Waals surface area contributed by atoms with Crippen LogP contribution in [0, 0.1) is 28.6 Å². The van der Waals surface area contributed by atoms with Gasteiger partial charge in [-0.2, -0.15) is 0 Å². The van der Waals surface area contributed by atoms with Crippen LogP contribution in [0.15, 0.2) is 11.6 Å². The first-order valence-electron chi connectivity index (χ1n) is 9.76. The van der Waals surface area contributed by atoms with Crippen molar-refractivity contribution in [2.24, 2.45) is 28.6 Å². The molecule has 0 aromatic heterocycles. The van der Waals surface area contributed by atoms with Crippen LogP contribution in [0.2, 0.25) is 0 Å². The van der Waals surface area contributed by atoms with Gasteiger partial charge in [0.2, 0.25) is 0 Å². The molecule has 0 aliphatic heterocycles. The molecule has 4 aliphatic rings. The molecule has 4 rings (SSSR count). The first-order valence-corrected chi connectivity index (χ1v) is 9.76. The van der Waals surface area contributed by atoms with E-state index in [4.69, 9.17) is 0 Å². The maximum Gasteiger partial charge on any atom is 0.159 e. The van der Waals surface area contributed by atoms with E-state index in [0.29, 0.717) is 30.6 Å². The Balaban J connectivity index is 1.74. The second kappa shape index (κ2) is 5.03. The second-order valence-corrected chi connectivity index (χ2v) is 9.33. The molecule has 6 unspecified atom stereocenters. The number of carbonyl (C=O) groups is 2. The minimum absolute atomic E-state index is 0.0503. The van der Waals surface area contributed by atoms with Gasteiger partial charge in [0, 0.05) is 18.4 Å². The molecule has 1 N–H and O–H groups in total. The lowest BCUT2D eigenvalue weighted by Crippen LogP contribution is -2.56. The average Bonchev–Trinajstić information content (AvgIpc) is 2.82. The molecule has 0 spiro atoms. The van der Waals surface area contributed by atoms with E-state index in [-0.39, 0.29) is 22.4 Å². The van der Waals surface area contributed by atoms with Crippen molar-refractivity contribution in [1.29, 1.82) is 0 Å². The van der Waals surface area contributed by atoms with Gasteiger partial charge in [-0.05, 0) is 73.2 Å². The van der Waals surface area contributed by atoms with Gasteiger partial charge < -0.3 is 5.11 Å². The van der Waals surface area contributed by atoms with Crippen LogP contribution >= 0.6 is 0 Å². The summed E-state index contributed by atoms with van der Waals surface area (Å²) in [5.74, 6) is 1.64. The molecule has 3 nitrogen and oxygen atoms in total. The Morgan fingerprint density at radius 1 is 1.12 bits per heavy atom. The number of aliphatic hydroxyl groups is 1. The maximum absolute atomic E-state index is 12.9. The van der Waals surface area contributed by atoms with E-state index < -0.39 is 5.60 Å². The van der Waals surface area contributed by atoms with Crippen LogP contribution < -0.4 is 0 Å². The van der Waals surface area contributed by atoms with Crippen LogP contribution in [0.25, 0.3) is 0 Å². The lowest BCUT2D eigenvalue weighted by Gasteiger charge is -2.58. The van der Waals surface area contributed by atoms with Crippen LogP contribution in [-0.2, 0) is 9.59 Å². The van der Waals surface area contributed by atoms with E-state index in [1.54, 1.807) is 6.08 Å². The van der Waals surface area contributed by atoms with Crippen molar-refractivity contribution in [3.05, 3.63) is 11.6 Å². The number of rotatable bonds is 1. The van der Waals surface area contributed by atoms with Crippen molar-refractivity contribution in [2.75, 3.05) is 0 Å². The summed E-state index contributed by atoms with van der Waals surface area (Å²) in [4.78, 5) is 24.7. The topological polar surface area (TPSA) is 54.4 Å². The standard InChI is InChI=1S/C21H30O3/c1-4-21(24)10-7-16-14-12-18(23)17-11-13(22)5-8-19(17,2)15(14)6-9-20(16,21)3/h11,14-16,24H,4-10,12H2,1-3H3. The third-order valence-electron chi connectivity index (χ3n) is 8.69. The van der Waals surface area contributed by atoms with E-state index in [9.17, 15) is 14.7 Å². The molecule has 3 saturated carbocycles. The number of fused-ring (bicyclic) bond motifs is 5. The third-order valence-corrected chi connectivity index (χ3v) is 8.69. The highest BCUT2D eigenvalue weighted by molar-refractivity contribution is 6.05. The van der Waals surface area contributed by atoms with Gasteiger partial charge in [0.25, 0.3) is 0 Å². The predicted octanol–water partition coefficient (Wildman–Crippen LogP) is 3.84. The summed E-state index contributed by atoms with van der Waals surface area (Å²) in [6.45, 7) is 6.59. The number of ketones is 2. The largest absolute Gasteiger partial charge is 0.389 e. The van der Waals surface area contributed by atoms with Gasteiger partial charge in [0.05, 0.1) is 5.60 Å². The first-order chi connectivity index (χ1) is 11.2. The lowest BCUT2D eigenvalue weighted by atomic mass is 9.46. The molecule has 6 atom stereocenters. The second-order valence-electron chi connectivity index (χ2n) is 9.33. The van der Waals surface area contributed by atoms with E-state index in [2.05, 4.69) is 20.8 Å². The van der Waals surface area contributed by atoms with Crippen LogP contribution in [0.1, 0.15) is 72.1 Å². The van der Waals surface area contributed by atoms with Gasteiger partial charge in [-0.25, -0.2) is 0 Å². The van der Waals surface area contributed by atoms with E-state index in [1.165, 1.54) is 0 Å². The third kappa shape index (κ3) is 1.88. The van der Waals surface area contributed by atoms with Crippen molar-refractivity contribution in [2.45, 2.75) is 77.7 Å². The Morgan fingerprint density at radius 3 is 2.54 bits per heavy atom. The van der Waals surface area contributed by atoms with Crippen molar-refractivity contribution < 1.29 is 14.7 Å². The van der Waals surface area contributed by atoms with Gasteiger partial charge in [-0.15, -0.1) is 0 Å². The van der Waals surface area contributed by atoms with E-state index in [1.807, 2.05) is 0 Å². The molecule has 0 bridgehead atoms. The zero-order valence-electron chi connectivity index (χ0n) is 15.2. The Hall–Kier alpha value is -0.960. The molecule has 3 heteroatoms. The summed E-state index contributed by atoms with van der Waals surface area (Å²) in [5, 5.41) is 11.2. The zero-order valence-corrected chi connectivity index (χ0v) is 15.2. The fraction of sp³-hybridized carbons (Fsp3) is 0.810. The maximum atomic E-state index is 12.9. The summed E-state index contributed by atoms with van der Waals surface area (Å²) in [5.41, 5.74) is 0.0749. The molecule has 24 heavy (non-hydrogen) atoms. The molecule has 0 aromatic carbocycles. The fourth-order valence-electron chi connectivity index (χ4n) is 7.08. The van der Waals surface area contributed by atoms with Crippen LogP contribution in [0.5, 0.6) is 0 Å². The summed E-state index contributed by atoms with van der Waals surface area (Å²) in [7, 11) is 0. The number of allylic oxidation sites excluding steroid dienone is 1. The Bertz CT molecular complexity index is 635. The van der Waals surface area contributed by atoms with Crippen molar-refractivity contribution in [1.82, 2.24) is 0 Å². The molecular formula is C21H30O3. The summed E-state index contributed by atoms with van der Waals surface area (Å²) in [6, 6.07) is 0. The van der Waals surface area contributed by atoms with E-state index in [0.717, 1.165) is 44.1 Å². The first kappa shape index (κ1) is 16.5. The van der Waals surface area contributed by atoms with Crippen LogP contribution in [0.4, 0.5) is 0 Å². The highest BCUT2D eigenvalue weighted by atomic mass is 16.3. The monoisotopic (exact) mass is 330 g/mol. The average molecular weight is 330 g/mol. The summed E-state index contributed by atoms with van der Waals surface area (Å²) < 4.78 is 0. The number of hydrogen-bond donors (Lipinski definition) is 1. The number of carbonyl (C=O) groups excluding carboxylic acids is 2. The SMILES string of the molecule is CCC1(O)CCC2C3CC(=O)C4=CC(=O)CCC4(C)C3CCC21C. The smallest absolute Gasteiger partial charge is 0.159 e. The summed E-state index contributed by atoms with van der Waals surface area (Å²) >= 11 is 0. The Kier molecular flexibility index (Phi) is 3.46. The molecule has 0 heterocycles. The van der Waals surface area contributed by atoms with Crippen LogP contribution in [-0.4, -0.2) is 22.3 Å². The minimum Gasteiger partial charge on any atom is -0.389 e. The zero-order chi connectivity index (χ0) is 17.3. The molecule has 132 valence electrons. The van der Waals surface area contributed by atoms with Gasteiger partial charge >= 0.3 is 0 Å². The molecule has 0 radical (unpaired) electrons. The highest BCUT2D eigenvalue weighted by Crippen LogP contribution is 2.67. The number of Topliss-reactive ketones (excluding diaryl/α,β-unsaturated/α-hetero) is 1. The lowest BCUT2D eigenvalue weighted by molar-refractivity contribution is -0.143.